The number of halogens is 1. The van der Waals surface area contributed by atoms with Gasteiger partial charge in [-0.25, -0.2) is 17.8 Å². The van der Waals surface area contributed by atoms with Gasteiger partial charge in [-0.15, -0.1) is 0 Å². The first-order valence-electron chi connectivity index (χ1n) is 5.53. The van der Waals surface area contributed by atoms with Gasteiger partial charge < -0.3 is 0 Å². The maximum absolute atomic E-state index is 11.8. The van der Waals surface area contributed by atoms with Crippen LogP contribution in [0.1, 0.15) is 11.3 Å². The summed E-state index contributed by atoms with van der Waals surface area (Å²) in [6.07, 6.45) is 1.76. The zero-order chi connectivity index (χ0) is 13.7. The third kappa shape index (κ3) is 4.62. The number of hydrogen-bond acceptors (Lipinski definition) is 5. The van der Waals surface area contributed by atoms with Crippen LogP contribution in [0, 0.1) is 0 Å². The van der Waals surface area contributed by atoms with E-state index >= 15 is 0 Å². The van der Waals surface area contributed by atoms with E-state index in [9.17, 15) is 8.42 Å². The van der Waals surface area contributed by atoms with Crippen LogP contribution in [-0.4, -0.2) is 24.5 Å². The van der Waals surface area contributed by atoms with Gasteiger partial charge >= 0.3 is 0 Å². The van der Waals surface area contributed by atoms with Gasteiger partial charge in [0, 0.05) is 5.02 Å². The van der Waals surface area contributed by atoms with Gasteiger partial charge in [0.25, 0.3) is 0 Å². The van der Waals surface area contributed by atoms with E-state index in [1.165, 1.54) is 6.20 Å². The molecule has 102 valence electrons. The lowest BCUT2D eigenvalue weighted by atomic mass is 10.2. The second-order valence-electron chi connectivity index (χ2n) is 3.92. The predicted molar refractivity (Wildman–Crippen MR) is 70.1 cm³/mol. The van der Waals surface area contributed by atoms with Crippen molar-refractivity contribution < 1.29 is 13.0 Å². The van der Waals surface area contributed by atoms with Crippen molar-refractivity contribution >= 4 is 21.6 Å². The van der Waals surface area contributed by atoms with Crippen LogP contribution in [0.3, 0.4) is 0 Å². The standard InChI is InChI=1S/C11H12ClN3O3S/c12-10-3-1-2-9(6-10)4-5-19(16,17)14-8-11-7-13-18-15-11/h1-3,6-7,14H,4-5,8H2. The van der Waals surface area contributed by atoms with E-state index in [1.807, 2.05) is 6.07 Å². The van der Waals surface area contributed by atoms with E-state index in [1.54, 1.807) is 18.2 Å². The summed E-state index contributed by atoms with van der Waals surface area (Å²) in [5.74, 6) is -0.0153. The van der Waals surface area contributed by atoms with Gasteiger partial charge in [-0.3, -0.25) is 0 Å². The SMILES string of the molecule is O=S(=O)(CCc1cccc(Cl)c1)NCc1cnon1. The van der Waals surface area contributed by atoms with Crippen molar-refractivity contribution in [3.05, 3.63) is 46.7 Å². The number of sulfonamides is 1. The number of aryl methyl sites for hydroxylation is 1. The average Bonchev–Trinajstić information content (AvgIpc) is 2.88. The fraction of sp³-hybridized carbons (Fsp3) is 0.273. The predicted octanol–water partition coefficient (Wildman–Crippen LogP) is 1.39. The van der Waals surface area contributed by atoms with Crippen molar-refractivity contribution in [2.24, 2.45) is 0 Å². The minimum atomic E-state index is -3.37. The molecule has 1 aromatic heterocycles. The average molecular weight is 302 g/mol. The lowest BCUT2D eigenvalue weighted by molar-refractivity contribution is 0.303. The molecule has 0 spiro atoms. The molecule has 0 atom stereocenters. The molecule has 0 aliphatic heterocycles. The van der Waals surface area contributed by atoms with Crippen LogP contribution >= 0.6 is 11.6 Å². The van der Waals surface area contributed by atoms with Gasteiger partial charge in [-0.05, 0) is 24.1 Å². The van der Waals surface area contributed by atoms with Gasteiger partial charge in [0.15, 0.2) is 0 Å². The topological polar surface area (TPSA) is 85.1 Å². The third-order valence-electron chi connectivity index (χ3n) is 2.43. The van der Waals surface area contributed by atoms with Gasteiger partial charge in [0.05, 0.1) is 18.5 Å². The van der Waals surface area contributed by atoms with E-state index in [0.717, 1.165) is 5.56 Å². The molecule has 2 rings (SSSR count). The first-order valence-corrected chi connectivity index (χ1v) is 7.56. The highest BCUT2D eigenvalue weighted by atomic mass is 35.5. The second-order valence-corrected chi connectivity index (χ2v) is 6.28. The number of aromatic nitrogens is 2. The molecule has 0 bridgehead atoms. The van der Waals surface area contributed by atoms with Crippen LogP contribution in [0.5, 0.6) is 0 Å². The van der Waals surface area contributed by atoms with Crippen LogP contribution in [0.25, 0.3) is 0 Å². The summed E-state index contributed by atoms with van der Waals surface area (Å²) in [4.78, 5) is 0. The first kappa shape index (κ1) is 14.0. The van der Waals surface area contributed by atoms with Crippen LogP contribution in [0.15, 0.2) is 35.1 Å². The van der Waals surface area contributed by atoms with Crippen molar-refractivity contribution in [1.29, 1.82) is 0 Å². The smallest absolute Gasteiger partial charge is 0.212 e. The Kier molecular flexibility index (Phi) is 4.52. The summed E-state index contributed by atoms with van der Waals surface area (Å²) < 4.78 is 30.3. The molecular weight excluding hydrogens is 290 g/mol. The largest absolute Gasteiger partial charge is 0.244 e. The number of nitrogens with zero attached hydrogens (tertiary/aromatic N) is 2. The Morgan fingerprint density at radius 2 is 2.21 bits per heavy atom. The lowest BCUT2D eigenvalue weighted by Gasteiger charge is -2.05. The maximum Gasteiger partial charge on any atom is 0.212 e. The summed E-state index contributed by atoms with van der Waals surface area (Å²) in [6.45, 7) is 0.0708. The van der Waals surface area contributed by atoms with Crippen molar-refractivity contribution in [2.75, 3.05) is 5.75 Å². The van der Waals surface area contributed by atoms with Crippen molar-refractivity contribution in [1.82, 2.24) is 15.0 Å². The summed E-state index contributed by atoms with van der Waals surface area (Å²) in [7, 11) is -3.37. The molecule has 8 heteroatoms. The van der Waals surface area contributed by atoms with Crippen LogP contribution in [-0.2, 0) is 23.0 Å². The van der Waals surface area contributed by atoms with Gasteiger partial charge in [-0.2, -0.15) is 0 Å². The maximum atomic E-state index is 11.8. The highest BCUT2D eigenvalue weighted by Gasteiger charge is 2.11. The summed E-state index contributed by atoms with van der Waals surface area (Å²) in [6, 6.07) is 7.12. The third-order valence-corrected chi connectivity index (χ3v) is 3.99. The number of nitrogens with one attached hydrogen (secondary N) is 1. The fourth-order valence-corrected chi connectivity index (χ4v) is 2.69. The van der Waals surface area contributed by atoms with Crippen LogP contribution in [0.4, 0.5) is 0 Å². The molecule has 0 unspecified atom stereocenters. The first-order chi connectivity index (χ1) is 9.05. The molecule has 1 aromatic carbocycles. The Morgan fingerprint density at radius 3 is 2.89 bits per heavy atom. The van der Waals surface area contributed by atoms with E-state index in [0.29, 0.717) is 17.1 Å². The second kappa shape index (κ2) is 6.14. The Morgan fingerprint density at radius 1 is 1.37 bits per heavy atom. The summed E-state index contributed by atoms with van der Waals surface area (Å²) in [5.41, 5.74) is 1.31. The Balaban J connectivity index is 1.87. The molecular formula is C11H12ClN3O3S. The monoisotopic (exact) mass is 301 g/mol. The quantitative estimate of drug-likeness (QED) is 0.871. The van der Waals surface area contributed by atoms with E-state index in [2.05, 4.69) is 19.7 Å². The normalized spacial score (nSPS) is 11.6. The minimum absolute atomic E-state index is 0.0153. The van der Waals surface area contributed by atoms with Crippen molar-refractivity contribution in [3.8, 4) is 0 Å². The fourth-order valence-electron chi connectivity index (χ4n) is 1.46. The van der Waals surface area contributed by atoms with Crippen molar-refractivity contribution in [3.63, 3.8) is 0 Å². The molecule has 2 aromatic rings. The van der Waals surface area contributed by atoms with E-state index in [4.69, 9.17) is 11.6 Å². The minimum Gasteiger partial charge on any atom is -0.244 e. The van der Waals surface area contributed by atoms with E-state index < -0.39 is 10.0 Å². The molecule has 19 heavy (non-hydrogen) atoms. The lowest BCUT2D eigenvalue weighted by Crippen LogP contribution is -2.27. The molecule has 1 N–H and O–H groups in total. The number of benzene rings is 1. The molecule has 0 saturated heterocycles. The number of rotatable bonds is 6. The van der Waals surface area contributed by atoms with Crippen LogP contribution in [0.2, 0.25) is 5.02 Å². The highest BCUT2D eigenvalue weighted by Crippen LogP contribution is 2.11. The summed E-state index contributed by atoms with van der Waals surface area (Å²) >= 11 is 5.83. The molecule has 0 aliphatic rings. The van der Waals surface area contributed by atoms with Gasteiger partial charge in [-0.1, -0.05) is 34.0 Å². The number of hydrogen-bond donors (Lipinski definition) is 1. The van der Waals surface area contributed by atoms with Gasteiger partial charge in [0.2, 0.25) is 10.0 Å². The van der Waals surface area contributed by atoms with Crippen molar-refractivity contribution in [2.45, 2.75) is 13.0 Å². The molecule has 1 heterocycles. The molecule has 6 nitrogen and oxygen atoms in total. The molecule has 0 saturated carbocycles. The van der Waals surface area contributed by atoms with E-state index in [-0.39, 0.29) is 12.3 Å². The zero-order valence-corrected chi connectivity index (χ0v) is 11.5. The molecule has 0 amide bonds. The molecule has 0 fully saturated rings. The van der Waals surface area contributed by atoms with Gasteiger partial charge in [0.1, 0.15) is 5.69 Å². The highest BCUT2D eigenvalue weighted by molar-refractivity contribution is 7.89. The Bertz CT molecular complexity index is 628. The molecule has 0 radical (unpaired) electrons. The summed E-state index contributed by atoms with van der Waals surface area (Å²) in [5, 5.41) is 7.50. The van der Waals surface area contributed by atoms with Crippen LogP contribution < -0.4 is 4.72 Å². The molecule has 0 aliphatic carbocycles. The Labute approximate surface area is 115 Å². The Hall–Kier alpha value is -1.44. The zero-order valence-electron chi connectivity index (χ0n) is 9.91.